The molecule has 0 radical (unpaired) electrons. The molecule has 0 fully saturated rings. The molecule has 2 aromatic carbocycles. The van der Waals surface area contributed by atoms with Crippen LogP contribution in [0.3, 0.4) is 0 Å². The van der Waals surface area contributed by atoms with Crippen LogP contribution < -0.4 is 16.2 Å². The second-order valence-electron chi connectivity index (χ2n) is 5.35. The number of hydrazine groups is 1. The summed E-state index contributed by atoms with van der Waals surface area (Å²) >= 11 is 0. The van der Waals surface area contributed by atoms with Crippen molar-refractivity contribution in [3.05, 3.63) is 71.5 Å². The Balaban J connectivity index is 1.96. The van der Waals surface area contributed by atoms with Gasteiger partial charge in [0.2, 0.25) is 11.8 Å². The van der Waals surface area contributed by atoms with E-state index in [4.69, 9.17) is 0 Å². The van der Waals surface area contributed by atoms with Crippen LogP contribution >= 0.6 is 0 Å². The summed E-state index contributed by atoms with van der Waals surface area (Å²) in [5, 5.41) is 2.68. The molecule has 0 saturated heterocycles. The largest absolute Gasteiger partial charge is 0.349 e. The summed E-state index contributed by atoms with van der Waals surface area (Å²) in [5.41, 5.74) is 4.96. The van der Waals surface area contributed by atoms with Crippen molar-refractivity contribution < 1.29 is 18.8 Å². The highest BCUT2D eigenvalue weighted by Crippen LogP contribution is 2.16. The third kappa shape index (κ3) is 5.42. The van der Waals surface area contributed by atoms with E-state index in [0.29, 0.717) is 0 Å². The summed E-state index contributed by atoms with van der Waals surface area (Å²) in [7, 11) is 0. The van der Waals surface area contributed by atoms with Crippen molar-refractivity contribution in [2.24, 2.45) is 0 Å². The first-order chi connectivity index (χ1) is 12.0. The minimum absolute atomic E-state index is 0.0822. The quantitative estimate of drug-likeness (QED) is 0.724. The minimum Gasteiger partial charge on any atom is -0.349 e. The molecule has 0 aliphatic carbocycles. The summed E-state index contributed by atoms with van der Waals surface area (Å²) in [6, 6.07) is 13.9. The highest BCUT2D eigenvalue weighted by molar-refractivity contribution is 5.95. The van der Waals surface area contributed by atoms with Crippen molar-refractivity contribution in [3.63, 3.8) is 0 Å². The molecule has 2 rings (SSSR count). The lowest BCUT2D eigenvalue weighted by atomic mass is 10.0. The highest BCUT2D eigenvalue weighted by Gasteiger charge is 2.18. The third-order valence-electron chi connectivity index (χ3n) is 3.40. The molecule has 2 aromatic rings. The molecule has 0 spiro atoms. The van der Waals surface area contributed by atoms with E-state index in [1.54, 1.807) is 24.3 Å². The first kappa shape index (κ1) is 18.1. The van der Waals surface area contributed by atoms with Crippen LogP contribution in [0.25, 0.3) is 0 Å². The average Bonchev–Trinajstić information content (AvgIpc) is 2.60. The minimum atomic E-state index is -0.762. The fourth-order valence-electron chi connectivity index (χ4n) is 2.26. The van der Waals surface area contributed by atoms with E-state index >= 15 is 0 Å². The number of benzene rings is 2. The van der Waals surface area contributed by atoms with Gasteiger partial charge in [0, 0.05) is 6.92 Å². The summed E-state index contributed by atoms with van der Waals surface area (Å²) in [5.74, 6) is -2.25. The molecule has 130 valence electrons. The number of carbonyl (C=O) groups is 3. The van der Waals surface area contributed by atoms with E-state index in [2.05, 4.69) is 16.2 Å². The van der Waals surface area contributed by atoms with E-state index in [9.17, 15) is 18.8 Å². The number of rotatable bonds is 5. The molecule has 1 atom stereocenters. The van der Waals surface area contributed by atoms with Gasteiger partial charge in [0.25, 0.3) is 5.91 Å². The first-order valence-electron chi connectivity index (χ1n) is 7.63. The molecule has 3 amide bonds. The van der Waals surface area contributed by atoms with Gasteiger partial charge in [-0.2, -0.15) is 0 Å². The van der Waals surface area contributed by atoms with Crippen LogP contribution in [0.4, 0.5) is 4.39 Å². The van der Waals surface area contributed by atoms with Gasteiger partial charge in [0.15, 0.2) is 0 Å². The number of amides is 3. The lowest BCUT2D eigenvalue weighted by molar-refractivity contribution is -0.123. The van der Waals surface area contributed by atoms with Crippen molar-refractivity contribution in [2.45, 2.75) is 19.4 Å². The Morgan fingerprint density at radius 3 is 2.24 bits per heavy atom. The highest BCUT2D eigenvalue weighted by atomic mass is 19.1. The van der Waals surface area contributed by atoms with Gasteiger partial charge >= 0.3 is 0 Å². The molecular formula is C18H18FN3O3. The van der Waals surface area contributed by atoms with Crippen LogP contribution in [0.15, 0.2) is 54.6 Å². The molecule has 0 bridgehead atoms. The first-order valence-corrected chi connectivity index (χ1v) is 7.63. The van der Waals surface area contributed by atoms with Crippen molar-refractivity contribution >= 4 is 17.7 Å². The van der Waals surface area contributed by atoms with Crippen LogP contribution in [0.2, 0.25) is 0 Å². The molecule has 0 saturated carbocycles. The van der Waals surface area contributed by atoms with Crippen molar-refractivity contribution in [2.75, 3.05) is 0 Å². The lowest BCUT2D eigenvalue weighted by Crippen LogP contribution is -2.43. The van der Waals surface area contributed by atoms with E-state index in [-0.39, 0.29) is 17.9 Å². The standard InChI is InChI=1S/C18H18FN3O3/c1-12(23)20-16(13-7-3-2-4-8-13)11-17(24)21-22-18(25)14-9-5-6-10-15(14)19/h2-10,16H,11H2,1H3,(H,20,23)(H,21,24)(H,22,25). The van der Waals surface area contributed by atoms with Crippen molar-refractivity contribution in [3.8, 4) is 0 Å². The Kier molecular flexibility index (Phi) is 6.22. The molecule has 1 unspecified atom stereocenters. The van der Waals surface area contributed by atoms with Crippen LogP contribution in [0, 0.1) is 5.82 Å². The fraction of sp³-hybridized carbons (Fsp3) is 0.167. The van der Waals surface area contributed by atoms with Crippen molar-refractivity contribution in [1.82, 2.24) is 16.2 Å². The molecule has 7 heteroatoms. The Morgan fingerprint density at radius 1 is 0.960 bits per heavy atom. The van der Waals surface area contributed by atoms with Gasteiger partial charge < -0.3 is 5.32 Å². The van der Waals surface area contributed by atoms with Crippen LogP contribution in [-0.2, 0) is 9.59 Å². The van der Waals surface area contributed by atoms with E-state index in [1.165, 1.54) is 25.1 Å². The Morgan fingerprint density at radius 2 is 1.60 bits per heavy atom. The van der Waals surface area contributed by atoms with Crippen LogP contribution in [0.5, 0.6) is 0 Å². The zero-order chi connectivity index (χ0) is 18.2. The van der Waals surface area contributed by atoms with Gasteiger partial charge in [-0.1, -0.05) is 42.5 Å². The molecule has 0 heterocycles. The molecule has 0 aliphatic heterocycles. The molecule has 3 N–H and O–H groups in total. The monoisotopic (exact) mass is 343 g/mol. The lowest BCUT2D eigenvalue weighted by Gasteiger charge is -2.18. The molecule has 0 aromatic heterocycles. The van der Waals surface area contributed by atoms with Gasteiger partial charge in [0.1, 0.15) is 5.82 Å². The second-order valence-corrected chi connectivity index (χ2v) is 5.35. The molecule has 6 nitrogen and oxygen atoms in total. The van der Waals surface area contributed by atoms with Crippen LogP contribution in [-0.4, -0.2) is 17.7 Å². The Bertz CT molecular complexity index is 765. The summed E-state index contributed by atoms with van der Waals surface area (Å²) in [4.78, 5) is 35.3. The topological polar surface area (TPSA) is 87.3 Å². The number of hydrogen-bond acceptors (Lipinski definition) is 3. The maximum Gasteiger partial charge on any atom is 0.272 e. The maximum absolute atomic E-state index is 13.5. The van der Waals surface area contributed by atoms with Gasteiger partial charge in [-0.25, -0.2) is 4.39 Å². The second kappa shape index (κ2) is 8.58. The summed E-state index contributed by atoms with van der Waals surface area (Å²) in [6.45, 7) is 1.35. The maximum atomic E-state index is 13.5. The summed E-state index contributed by atoms with van der Waals surface area (Å²) < 4.78 is 13.5. The SMILES string of the molecule is CC(=O)NC(CC(=O)NNC(=O)c1ccccc1F)c1ccccc1. The normalized spacial score (nSPS) is 11.3. The molecule has 25 heavy (non-hydrogen) atoms. The van der Waals surface area contributed by atoms with Gasteiger partial charge in [0.05, 0.1) is 18.0 Å². The van der Waals surface area contributed by atoms with Crippen LogP contribution in [0.1, 0.15) is 35.3 Å². The van der Waals surface area contributed by atoms with Gasteiger partial charge in [-0.3, -0.25) is 25.2 Å². The predicted molar refractivity (Wildman–Crippen MR) is 89.6 cm³/mol. The number of halogens is 1. The zero-order valence-corrected chi connectivity index (χ0v) is 13.6. The average molecular weight is 343 g/mol. The number of hydrogen-bond donors (Lipinski definition) is 3. The van der Waals surface area contributed by atoms with Gasteiger partial charge in [-0.15, -0.1) is 0 Å². The zero-order valence-electron chi connectivity index (χ0n) is 13.6. The Hall–Kier alpha value is -3.22. The predicted octanol–water partition coefficient (Wildman–Crippen LogP) is 1.85. The smallest absolute Gasteiger partial charge is 0.272 e. The number of carbonyl (C=O) groups excluding carboxylic acids is 3. The molecule has 0 aliphatic rings. The van der Waals surface area contributed by atoms with E-state index in [1.807, 2.05) is 6.07 Å². The van der Waals surface area contributed by atoms with Crippen molar-refractivity contribution in [1.29, 1.82) is 0 Å². The van der Waals surface area contributed by atoms with E-state index < -0.39 is 23.7 Å². The summed E-state index contributed by atoms with van der Waals surface area (Å²) in [6.07, 6.45) is -0.0822. The Labute approximate surface area is 144 Å². The number of nitrogens with one attached hydrogen (secondary N) is 3. The van der Waals surface area contributed by atoms with E-state index in [0.717, 1.165) is 11.6 Å². The van der Waals surface area contributed by atoms with Gasteiger partial charge in [-0.05, 0) is 17.7 Å². The molecular weight excluding hydrogens is 325 g/mol. The third-order valence-corrected chi connectivity index (χ3v) is 3.40. The fourth-order valence-corrected chi connectivity index (χ4v) is 2.26.